The van der Waals surface area contributed by atoms with Crippen LogP contribution < -0.4 is 4.84 Å². The van der Waals surface area contributed by atoms with Gasteiger partial charge in [0.05, 0.1) is 6.54 Å². The maximum Gasteiger partial charge on any atom is 0.401 e. The molecule has 9 heteroatoms. The fourth-order valence-electron chi connectivity index (χ4n) is 2.52. The van der Waals surface area contributed by atoms with Crippen LogP contribution in [0.1, 0.15) is 6.42 Å². The van der Waals surface area contributed by atoms with Crippen LogP contribution in [0.5, 0.6) is 0 Å². The van der Waals surface area contributed by atoms with Crippen molar-refractivity contribution in [1.29, 1.82) is 0 Å². The number of rotatable bonds is 3. The van der Waals surface area contributed by atoms with Crippen molar-refractivity contribution in [3.8, 4) is 0 Å². The van der Waals surface area contributed by atoms with E-state index in [-0.39, 0.29) is 19.5 Å². The van der Waals surface area contributed by atoms with Gasteiger partial charge in [-0.25, -0.2) is 4.39 Å². The van der Waals surface area contributed by atoms with E-state index in [2.05, 4.69) is 10.3 Å². The number of fused-ring (bicyclic) bond motifs is 1. The second-order valence-electron chi connectivity index (χ2n) is 5.25. The number of nitrogens with zero attached hydrogens (tertiary/aromatic N) is 4. The number of alkyl halides is 4. The predicted molar refractivity (Wildman–Crippen MR) is 69.9 cm³/mol. The fourth-order valence-corrected chi connectivity index (χ4v) is 2.52. The molecule has 1 aromatic carbocycles. The first kappa shape index (κ1) is 15.0. The lowest BCUT2D eigenvalue weighted by Crippen LogP contribution is -2.51. The number of benzene rings is 1. The van der Waals surface area contributed by atoms with E-state index in [1.807, 2.05) is 0 Å². The molecule has 0 aliphatic carbocycles. The Kier molecular flexibility index (Phi) is 3.90. The largest absolute Gasteiger partial charge is 0.401 e. The second-order valence-corrected chi connectivity index (χ2v) is 5.25. The molecule has 120 valence electrons. The third-order valence-electron chi connectivity index (χ3n) is 3.53. The molecule has 0 spiro atoms. The molecule has 0 saturated carbocycles. The van der Waals surface area contributed by atoms with Crippen molar-refractivity contribution >= 4 is 11.0 Å². The van der Waals surface area contributed by atoms with E-state index in [9.17, 15) is 17.6 Å². The Morgan fingerprint density at radius 2 is 2.05 bits per heavy atom. The SMILES string of the molecule is FC1CN(CC(F)(F)F)CCC1On1nnc2ccccc21. The summed E-state index contributed by atoms with van der Waals surface area (Å²) in [6.45, 7) is -1.29. The van der Waals surface area contributed by atoms with E-state index in [4.69, 9.17) is 4.84 Å². The number of hydrogen-bond donors (Lipinski definition) is 0. The lowest BCUT2D eigenvalue weighted by atomic mass is 10.1. The van der Waals surface area contributed by atoms with Crippen molar-refractivity contribution in [2.75, 3.05) is 19.6 Å². The summed E-state index contributed by atoms with van der Waals surface area (Å²) in [5, 5.41) is 7.67. The zero-order valence-corrected chi connectivity index (χ0v) is 11.5. The molecule has 1 fully saturated rings. The molecule has 1 aromatic heterocycles. The summed E-state index contributed by atoms with van der Waals surface area (Å²) >= 11 is 0. The Balaban J connectivity index is 1.65. The lowest BCUT2D eigenvalue weighted by Gasteiger charge is -2.34. The van der Waals surface area contributed by atoms with Gasteiger partial charge in [0, 0.05) is 19.5 Å². The Hall–Kier alpha value is -1.90. The number of likely N-dealkylation sites (tertiary alicyclic amines) is 1. The molecule has 0 N–H and O–H groups in total. The summed E-state index contributed by atoms with van der Waals surface area (Å²) in [6.07, 6.45) is -6.52. The minimum Gasteiger partial charge on any atom is -0.388 e. The van der Waals surface area contributed by atoms with Gasteiger partial charge in [-0.3, -0.25) is 4.90 Å². The summed E-state index contributed by atoms with van der Waals surface area (Å²) in [7, 11) is 0. The average molecular weight is 318 g/mol. The van der Waals surface area contributed by atoms with Crippen molar-refractivity contribution < 1.29 is 22.4 Å². The van der Waals surface area contributed by atoms with Crippen molar-refractivity contribution in [1.82, 2.24) is 20.1 Å². The third-order valence-corrected chi connectivity index (χ3v) is 3.53. The Morgan fingerprint density at radius 3 is 2.77 bits per heavy atom. The van der Waals surface area contributed by atoms with Gasteiger partial charge in [0.15, 0.2) is 12.3 Å². The number of halogens is 4. The topological polar surface area (TPSA) is 43.2 Å². The highest BCUT2D eigenvalue weighted by molar-refractivity contribution is 5.73. The average Bonchev–Trinajstić information content (AvgIpc) is 2.83. The van der Waals surface area contributed by atoms with Gasteiger partial charge in [-0.2, -0.15) is 13.2 Å². The van der Waals surface area contributed by atoms with Gasteiger partial charge in [0.2, 0.25) is 0 Å². The van der Waals surface area contributed by atoms with Gasteiger partial charge in [-0.05, 0) is 17.3 Å². The monoisotopic (exact) mass is 318 g/mol. The third kappa shape index (κ3) is 3.29. The Morgan fingerprint density at radius 1 is 1.27 bits per heavy atom. The van der Waals surface area contributed by atoms with Crippen LogP contribution in [-0.4, -0.2) is 58.1 Å². The smallest absolute Gasteiger partial charge is 0.388 e. The Labute approximate surface area is 123 Å². The molecular formula is C13H14F4N4O. The van der Waals surface area contributed by atoms with Crippen LogP contribution in [0.3, 0.4) is 0 Å². The van der Waals surface area contributed by atoms with Crippen molar-refractivity contribution in [3.05, 3.63) is 24.3 Å². The molecule has 1 saturated heterocycles. The standard InChI is InChI=1S/C13H14F4N4O/c14-9-7-20(8-13(15,16)17)6-5-12(9)22-21-11-4-2-1-3-10(11)18-19-21/h1-4,9,12H,5-8H2. The number of para-hydroxylation sites is 1. The highest BCUT2D eigenvalue weighted by Crippen LogP contribution is 2.22. The molecule has 5 nitrogen and oxygen atoms in total. The highest BCUT2D eigenvalue weighted by Gasteiger charge is 2.37. The van der Waals surface area contributed by atoms with Crippen LogP contribution in [0, 0.1) is 0 Å². The second kappa shape index (κ2) is 5.71. The first-order valence-corrected chi connectivity index (χ1v) is 6.83. The maximum absolute atomic E-state index is 14.1. The van der Waals surface area contributed by atoms with Gasteiger partial charge < -0.3 is 4.84 Å². The molecule has 1 aliphatic heterocycles. The van der Waals surface area contributed by atoms with E-state index in [1.165, 1.54) is 0 Å². The lowest BCUT2D eigenvalue weighted by molar-refractivity contribution is -0.157. The van der Waals surface area contributed by atoms with Crippen molar-refractivity contribution in [3.63, 3.8) is 0 Å². The van der Waals surface area contributed by atoms with Crippen molar-refractivity contribution in [2.45, 2.75) is 24.9 Å². The van der Waals surface area contributed by atoms with Gasteiger partial charge in [0.25, 0.3) is 0 Å². The molecule has 2 atom stereocenters. The van der Waals surface area contributed by atoms with Crippen LogP contribution >= 0.6 is 0 Å². The molecule has 3 rings (SSSR count). The normalized spacial score (nSPS) is 23.8. The van der Waals surface area contributed by atoms with Gasteiger partial charge in [0.1, 0.15) is 11.0 Å². The Bertz CT molecular complexity index is 644. The van der Waals surface area contributed by atoms with E-state index >= 15 is 0 Å². The number of piperidine rings is 1. The molecule has 2 unspecified atom stereocenters. The predicted octanol–water partition coefficient (Wildman–Crippen LogP) is 1.83. The first-order chi connectivity index (χ1) is 10.4. The minimum atomic E-state index is -4.32. The summed E-state index contributed by atoms with van der Waals surface area (Å²) in [5.74, 6) is 0. The van der Waals surface area contributed by atoms with E-state index in [1.54, 1.807) is 24.3 Å². The molecule has 0 bridgehead atoms. The van der Waals surface area contributed by atoms with E-state index < -0.39 is 25.0 Å². The van der Waals surface area contributed by atoms with Crippen LogP contribution in [0.2, 0.25) is 0 Å². The van der Waals surface area contributed by atoms with Crippen LogP contribution in [0.15, 0.2) is 24.3 Å². The quantitative estimate of drug-likeness (QED) is 0.810. The molecule has 2 heterocycles. The van der Waals surface area contributed by atoms with Crippen LogP contribution in [0.4, 0.5) is 17.6 Å². The number of aromatic nitrogens is 3. The van der Waals surface area contributed by atoms with Crippen LogP contribution in [0.25, 0.3) is 11.0 Å². The fraction of sp³-hybridized carbons (Fsp3) is 0.538. The highest BCUT2D eigenvalue weighted by atomic mass is 19.4. The summed E-state index contributed by atoms with van der Waals surface area (Å²) in [4.78, 5) is 7.64. The molecule has 0 amide bonds. The van der Waals surface area contributed by atoms with Gasteiger partial charge >= 0.3 is 6.18 Å². The summed E-state index contributed by atoms with van der Waals surface area (Å²) in [6, 6.07) is 7.02. The maximum atomic E-state index is 14.1. The zero-order valence-electron chi connectivity index (χ0n) is 11.5. The molecule has 0 radical (unpaired) electrons. The molecule has 2 aromatic rings. The zero-order chi connectivity index (χ0) is 15.7. The number of hydrogen-bond acceptors (Lipinski definition) is 4. The molecule has 1 aliphatic rings. The van der Waals surface area contributed by atoms with Gasteiger partial charge in [-0.15, -0.1) is 5.10 Å². The summed E-state index contributed by atoms with van der Waals surface area (Å²) in [5.41, 5.74) is 1.19. The first-order valence-electron chi connectivity index (χ1n) is 6.83. The minimum absolute atomic E-state index is 0.122. The van der Waals surface area contributed by atoms with Crippen molar-refractivity contribution in [2.24, 2.45) is 0 Å². The van der Waals surface area contributed by atoms with E-state index in [0.717, 1.165) is 9.75 Å². The van der Waals surface area contributed by atoms with Gasteiger partial charge in [-0.1, -0.05) is 17.0 Å². The summed E-state index contributed by atoms with van der Waals surface area (Å²) < 4.78 is 51.0. The molecular weight excluding hydrogens is 304 g/mol. The molecule has 22 heavy (non-hydrogen) atoms. The van der Waals surface area contributed by atoms with Crippen LogP contribution in [-0.2, 0) is 0 Å². The van der Waals surface area contributed by atoms with E-state index in [0.29, 0.717) is 11.0 Å².